The van der Waals surface area contributed by atoms with E-state index >= 15 is 0 Å². The van der Waals surface area contributed by atoms with Crippen molar-refractivity contribution in [3.05, 3.63) is 35.9 Å². The Morgan fingerprint density at radius 2 is 2.16 bits per heavy atom. The molecule has 1 aromatic rings. The molecular formula is C19H26N4O2. The monoisotopic (exact) mass is 342 g/mol. The molecule has 25 heavy (non-hydrogen) atoms. The van der Waals surface area contributed by atoms with Gasteiger partial charge in [0.05, 0.1) is 6.54 Å². The van der Waals surface area contributed by atoms with Crippen molar-refractivity contribution < 1.29 is 9.53 Å². The van der Waals surface area contributed by atoms with Gasteiger partial charge in [0.2, 0.25) is 5.91 Å². The Labute approximate surface area is 148 Å². The summed E-state index contributed by atoms with van der Waals surface area (Å²) in [7, 11) is 0. The SMILES string of the molecule is CCNC(=NCCOc1ccc2c(c1)CCC(=O)N2)NC1CC=CC1. The van der Waals surface area contributed by atoms with Gasteiger partial charge in [-0.05, 0) is 49.9 Å². The molecule has 2 aliphatic rings. The highest BCUT2D eigenvalue weighted by molar-refractivity contribution is 5.94. The van der Waals surface area contributed by atoms with E-state index in [1.165, 1.54) is 0 Å². The summed E-state index contributed by atoms with van der Waals surface area (Å²) >= 11 is 0. The van der Waals surface area contributed by atoms with Crippen molar-refractivity contribution in [3.63, 3.8) is 0 Å². The molecule has 0 saturated heterocycles. The lowest BCUT2D eigenvalue weighted by molar-refractivity contribution is -0.116. The second-order valence-corrected chi connectivity index (χ2v) is 6.26. The number of guanidine groups is 1. The molecule has 3 N–H and O–H groups in total. The van der Waals surface area contributed by atoms with Gasteiger partial charge >= 0.3 is 0 Å². The number of aryl methyl sites for hydroxylation is 1. The fraction of sp³-hybridized carbons (Fsp3) is 0.474. The quantitative estimate of drug-likeness (QED) is 0.321. The van der Waals surface area contributed by atoms with Crippen LogP contribution in [0.5, 0.6) is 5.75 Å². The summed E-state index contributed by atoms with van der Waals surface area (Å²) in [5.41, 5.74) is 2.02. The summed E-state index contributed by atoms with van der Waals surface area (Å²) in [6, 6.07) is 6.24. The number of nitrogens with one attached hydrogen (secondary N) is 3. The first-order valence-electron chi connectivity index (χ1n) is 9.00. The topological polar surface area (TPSA) is 74.8 Å². The van der Waals surface area contributed by atoms with Gasteiger partial charge in [0.15, 0.2) is 5.96 Å². The number of hydrogen-bond acceptors (Lipinski definition) is 3. The van der Waals surface area contributed by atoms with Crippen molar-refractivity contribution >= 4 is 17.6 Å². The average molecular weight is 342 g/mol. The van der Waals surface area contributed by atoms with E-state index in [2.05, 4.69) is 40.0 Å². The number of benzene rings is 1. The molecule has 6 heteroatoms. The molecule has 1 amide bonds. The lowest BCUT2D eigenvalue weighted by atomic mass is 10.0. The predicted molar refractivity (Wildman–Crippen MR) is 100 cm³/mol. The summed E-state index contributed by atoms with van der Waals surface area (Å²) in [5.74, 6) is 1.74. The first-order chi connectivity index (χ1) is 12.2. The van der Waals surface area contributed by atoms with Crippen LogP contribution >= 0.6 is 0 Å². The van der Waals surface area contributed by atoms with E-state index in [1.54, 1.807) is 0 Å². The van der Waals surface area contributed by atoms with Gasteiger partial charge in [0.1, 0.15) is 12.4 Å². The van der Waals surface area contributed by atoms with Crippen LogP contribution in [0, 0.1) is 0 Å². The Morgan fingerprint density at radius 3 is 2.96 bits per heavy atom. The summed E-state index contributed by atoms with van der Waals surface area (Å²) < 4.78 is 5.81. The fourth-order valence-electron chi connectivity index (χ4n) is 3.02. The molecule has 1 aliphatic carbocycles. The summed E-state index contributed by atoms with van der Waals surface area (Å²) in [6.07, 6.45) is 7.79. The minimum Gasteiger partial charge on any atom is -0.492 e. The van der Waals surface area contributed by atoms with E-state index in [0.29, 0.717) is 25.6 Å². The highest BCUT2D eigenvalue weighted by Gasteiger charge is 2.15. The van der Waals surface area contributed by atoms with E-state index < -0.39 is 0 Å². The maximum absolute atomic E-state index is 11.4. The van der Waals surface area contributed by atoms with Crippen LogP contribution in [0.3, 0.4) is 0 Å². The second kappa shape index (κ2) is 8.55. The smallest absolute Gasteiger partial charge is 0.224 e. The number of hydrogen-bond donors (Lipinski definition) is 3. The summed E-state index contributed by atoms with van der Waals surface area (Å²) in [6.45, 7) is 4.00. The van der Waals surface area contributed by atoms with Gasteiger partial charge in [-0.2, -0.15) is 0 Å². The molecule has 0 saturated carbocycles. The molecule has 0 radical (unpaired) electrons. The molecular weight excluding hydrogens is 316 g/mol. The van der Waals surface area contributed by atoms with E-state index in [9.17, 15) is 4.79 Å². The van der Waals surface area contributed by atoms with Gasteiger partial charge in [-0.15, -0.1) is 0 Å². The van der Waals surface area contributed by atoms with E-state index in [4.69, 9.17) is 4.74 Å². The number of carbonyl (C=O) groups is 1. The third-order valence-electron chi connectivity index (χ3n) is 4.30. The van der Waals surface area contributed by atoms with E-state index in [1.807, 2.05) is 18.2 Å². The molecule has 0 bridgehead atoms. The maximum Gasteiger partial charge on any atom is 0.224 e. The summed E-state index contributed by atoms with van der Waals surface area (Å²) in [4.78, 5) is 16.0. The van der Waals surface area contributed by atoms with Crippen molar-refractivity contribution in [1.29, 1.82) is 0 Å². The molecule has 0 unspecified atom stereocenters. The Bertz CT molecular complexity index is 661. The van der Waals surface area contributed by atoms with Crippen molar-refractivity contribution in [3.8, 4) is 5.75 Å². The summed E-state index contributed by atoms with van der Waals surface area (Å²) in [5, 5.41) is 9.59. The van der Waals surface area contributed by atoms with Gasteiger partial charge in [0.25, 0.3) is 0 Å². The van der Waals surface area contributed by atoms with Crippen LogP contribution in [-0.4, -0.2) is 37.6 Å². The molecule has 0 aromatic heterocycles. The Morgan fingerprint density at radius 1 is 1.32 bits per heavy atom. The normalized spacial score (nSPS) is 17.2. The van der Waals surface area contributed by atoms with Crippen molar-refractivity contribution in [2.24, 2.45) is 4.99 Å². The predicted octanol–water partition coefficient (Wildman–Crippen LogP) is 2.22. The molecule has 134 valence electrons. The Balaban J connectivity index is 1.48. The molecule has 0 atom stereocenters. The zero-order valence-corrected chi connectivity index (χ0v) is 14.7. The number of aliphatic imine (C=N–C) groups is 1. The minimum absolute atomic E-state index is 0.0800. The highest BCUT2D eigenvalue weighted by Crippen LogP contribution is 2.26. The lowest BCUT2D eigenvalue weighted by Gasteiger charge is -2.18. The fourth-order valence-corrected chi connectivity index (χ4v) is 3.02. The standard InChI is InChI=1S/C19H26N4O2/c1-2-20-19(22-15-5-3-4-6-15)21-11-12-25-16-8-9-17-14(13-16)7-10-18(24)23-17/h3-4,8-9,13,15H,2,5-7,10-12H2,1H3,(H,23,24)(H2,20,21,22). The largest absolute Gasteiger partial charge is 0.492 e. The van der Waals surface area contributed by atoms with Gasteiger partial charge in [0, 0.05) is 24.7 Å². The van der Waals surface area contributed by atoms with Crippen molar-refractivity contribution in [2.45, 2.75) is 38.6 Å². The number of amides is 1. The molecule has 1 aliphatic heterocycles. The Kier molecular flexibility index (Phi) is 5.93. The molecule has 0 spiro atoms. The molecule has 1 heterocycles. The molecule has 1 aromatic carbocycles. The second-order valence-electron chi connectivity index (χ2n) is 6.26. The minimum atomic E-state index is 0.0800. The molecule has 0 fully saturated rings. The van der Waals surface area contributed by atoms with Gasteiger partial charge < -0.3 is 20.7 Å². The first-order valence-corrected chi connectivity index (χ1v) is 9.00. The van der Waals surface area contributed by atoms with Gasteiger partial charge in [-0.3, -0.25) is 4.79 Å². The van der Waals surface area contributed by atoms with Gasteiger partial charge in [-0.25, -0.2) is 4.99 Å². The number of nitrogens with zero attached hydrogens (tertiary/aromatic N) is 1. The zero-order chi connectivity index (χ0) is 17.5. The number of rotatable bonds is 6. The van der Waals surface area contributed by atoms with Crippen LogP contribution < -0.4 is 20.7 Å². The van der Waals surface area contributed by atoms with Crippen LogP contribution in [0.15, 0.2) is 35.3 Å². The third kappa shape index (κ3) is 4.98. The molecule has 3 rings (SSSR count). The molecule has 6 nitrogen and oxygen atoms in total. The van der Waals surface area contributed by atoms with E-state index in [-0.39, 0.29) is 5.91 Å². The van der Waals surface area contributed by atoms with E-state index in [0.717, 1.165) is 48.8 Å². The third-order valence-corrected chi connectivity index (χ3v) is 4.30. The number of anilines is 1. The van der Waals surface area contributed by atoms with Crippen molar-refractivity contribution in [2.75, 3.05) is 25.0 Å². The van der Waals surface area contributed by atoms with Crippen LogP contribution in [0.2, 0.25) is 0 Å². The van der Waals surface area contributed by atoms with Gasteiger partial charge in [-0.1, -0.05) is 12.2 Å². The maximum atomic E-state index is 11.4. The van der Waals surface area contributed by atoms with Crippen LogP contribution in [-0.2, 0) is 11.2 Å². The number of carbonyl (C=O) groups excluding carboxylic acids is 1. The van der Waals surface area contributed by atoms with Crippen LogP contribution in [0.25, 0.3) is 0 Å². The number of fused-ring (bicyclic) bond motifs is 1. The zero-order valence-electron chi connectivity index (χ0n) is 14.7. The first kappa shape index (κ1) is 17.3. The Hall–Kier alpha value is -2.50. The van der Waals surface area contributed by atoms with Crippen LogP contribution in [0.4, 0.5) is 5.69 Å². The van der Waals surface area contributed by atoms with Crippen molar-refractivity contribution in [1.82, 2.24) is 10.6 Å². The average Bonchev–Trinajstić information content (AvgIpc) is 3.12. The highest BCUT2D eigenvalue weighted by atomic mass is 16.5. The number of ether oxygens (including phenoxy) is 1. The lowest BCUT2D eigenvalue weighted by Crippen LogP contribution is -2.42. The van der Waals surface area contributed by atoms with Crippen LogP contribution in [0.1, 0.15) is 31.7 Å².